The van der Waals surface area contributed by atoms with Crippen LogP contribution in [0.25, 0.3) is 0 Å². The Hall–Kier alpha value is -1.95. The number of nitrogens with zero attached hydrogens (tertiary/aromatic N) is 1. The number of ether oxygens (including phenoxy) is 2. The van der Waals surface area contributed by atoms with E-state index in [0.717, 1.165) is 11.3 Å². The topological polar surface area (TPSA) is 50.8 Å². The molecule has 0 atom stereocenters. The van der Waals surface area contributed by atoms with Crippen molar-refractivity contribution in [3.05, 3.63) is 52.0 Å². The molecule has 134 valence electrons. The number of anilines is 1. The van der Waals surface area contributed by atoms with Gasteiger partial charge in [0.25, 0.3) is 0 Å². The quantitative estimate of drug-likeness (QED) is 0.783. The Balaban J connectivity index is 1.97. The van der Waals surface area contributed by atoms with Crippen molar-refractivity contribution in [1.82, 2.24) is 4.90 Å². The molecule has 25 heavy (non-hydrogen) atoms. The minimum Gasteiger partial charge on any atom is -0.497 e. The molecule has 1 N–H and O–H groups in total. The molecule has 1 amide bonds. The third kappa shape index (κ3) is 5.81. The molecule has 2 aromatic carbocycles. The van der Waals surface area contributed by atoms with Crippen LogP contribution >= 0.6 is 23.2 Å². The molecular formula is C18H20Cl2N2O3. The Kier molecular flexibility index (Phi) is 6.93. The van der Waals surface area contributed by atoms with E-state index in [-0.39, 0.29) is 12.5 Å². The van der Waals surface area contributed by atoms with Crippen LogP contribution in [-0.2, 0) is 11.3 Å². The summed E-state index contributed by atoms with van der Waals surface area (Å²) in [5, 5.41) is 3.73. The van der Waals surface area contributed by atoms with E-state index in [1.807, 2.05) is 30.1 Å². The van der Waals surface area contributed by atoms with Gasteiger partial charge in [0.15, 0.2) is 0 Å². The number of halogens is 2. The first kappa shape index (κ1) is 19.4. The minimum absolute atomic E-state index is 0.159. The normalized spacial score (nSPS) is 10.6. The van der Waals surface area contributed by atoms with Gasteiger partial charge in [0.05, 0.1) is 20.8 Å². The lowest BCUT2D eigenvalue weighted by molar-refractivity contribution is -0.117. The maximum absolute atomic E-state index is 12.2. The van der Waals surface area contributed by atoms with Gasteiger partial charge in [-0.15, -0.1) is 0 Å². The van der Waals surface area contributed by atoms with E-state index in [2.05, 4.69) is 5.32 Å². The molecule has 0 radical (unpaired) electrons. The summed E-state index contributed by atoms with van der Waals surface area (Å²) in [4.78, 5) is 14.1. The fraction of sp³-hybridized carbons (Fsp3) is 0.278. The van der Waals surface area contributed by atoms with Crippen molar-refractivity contribution in [3.8, 4) is 11.5 Å². The Morgan fingerprint density at radius 2 is 1.76 bits per heavy atom. The van der Waals surface area contributed by atoms with E-state index in [1.165, 1.54) is 0 Å². The molecule has 0 saturated carbocycles. The molecule has 5 nitrogen and oxygen atoms in total. The number of benzene rings is 2. The van der Waals surface area contributed by atoms with Crippen LogP contribution in [0.1, 0.15) is 5.56 Å². The number of amides is 1. The number of methoxy groups -OCH3 is 2. The van der Waals surface area contributed by atoms with Crippen molar-refractivity contribution in [2.75, 3.05) is 33.1 Å². The van der Waals surface area contributed by atoms with Crippen molar-refractivity contribution in [3.63, 3.8) is 0 Å². The van der Waals surface area contributed by atoms with Crippen LogP contribution in [-0.4, -0.2) is 38.6 Å². The number of nitrogens with one attached hydrogen (secondary N) is 1. The number of likely N-dealkylation sites (N-methyl/N-ethyl adjacent to an activating group) is 1. The fourth-order valence-corrected chi connectivity index (χ4v) is 2.93. The highest BCUT2D eigenvalue weighted by molar-refractivity contribution is 6.35. The van der Waals surface area contributed by atoms with Gasteiger partial charge in [0.2, 0.25) is 5.91 Å². The van der Waals surface area contributed by atoms with Crippen LogP contribution in [0.15, 0.2) is 36.4 Å². The van der Waals surface area contributed by atoms with Gasteiger partial charge in [0, 0.05) is 33.9 Å². The number of carbonyl (C=O) groups is 1. The second kappa shape index (κ2) is 8.94. The predicted molar refractivity (Wildman–Crippen MR) is 101 cm³/mol. The van der Waals surface area contributed by atoms with Crippen LogP contribution in [0, 0.1) is 0 Å². The highest BCUT2D eigenvalue weighted by Gasteiger charge is 2.12. The fourth-order valence-electron chi connectivity index (χ4n) is 2.40. The lowest BCUT2D eigenvalue weighted by Gasteiger charge is -2.18. The lowest BCUT2D eigenvalue weighted by Crippen LogP contribution is -2.30. The smallest absolute Gasteiger partial charge is 0.238 e. The molecule has 0 aliphatic carbocycles. The highest BCUT2D eigenvalue weighted by atomic mass is 35.5. The number of rotatable bonds is 7. The predicted octanol–water partition coefficient (Wildman–Crippen LogP) is 4.08. The van der Waals surface area contributed by atoms with Gasteiger partial charge in [-0.1, -0.05) is 29.3 Å². The standard InChI is InChI=1S/C18H20Cl2N2O3/c1-22(10-12-4-5-16(24-2)9-17(12)25-3)11-18(23)21-15-7-13(19)6-14(20)8-15/h4-9H,10-11H2,1-3H3,(H,21,23). The van der Waals surface area contributed by atoms with Crippen molar-refractivity contribution in [2.24, 2.45) is 0 Å². The number of hydrogen-bond acceptors (Lipinski definition) is 4. The molecule has 2 aromatic rings. The molecule has 0 aromatic heterocycles. The van der Waals surface area contributed by atoms with Gasteiger partial charge in [-0.25, -0.2) is 0 Å². The minimum atomic E-state index is -0.159. The van der Waals surface area contributed by atoms with Crippen LogP contribution < -0.4 is 14.8 Å². The van der Waals surface area contributed by atoms with Gasteiger partial charge < -0.3 is 14.8 Å². The summed E-state index contributed by atoms with van der Waals surface area (Å²) in [5.41, 5.74) is 1.53. The molecule has 0 bridgehead atoms. The number of carbonyl (C=O) groups excluding carboxylic acids is 1. The van der Waals surface area contributed by atoms with Crippen LogP contribution in [0.4, 0.5) is 5.69 Å². The second-order valence-electron chi connectivity index (χ2n) is 5.56. The Labute approximate surface area is 157 Å². The molecule has 0 saturated heterocycles. The zero-order valence-corrected chi connectivity index (χ0v) is 15.8. The average Bonchev–Trinajstić information content (AvgIpc) is 2.53. The molecule has 7 heteroatoms. The third-order valence-electron chi connectivity index (χ3n) is 3.49. The van der Waals surface area contributed by atoms with E-state index in [9.17, 15) is 4.79 Å². The molecule has 0 heterocycles. The average molecular weight is 383 g/mol. The van der Waals surface area contributed by atoms with E-state index in [4.69, 9.17) is 32.7 Å². The monoisotopic (exact) mass is 382 g/mol. The summed E-state index contributed by atoms with van der Waals surface area (Å²) >= 11 is 11.9. The van der Waals surface area contributed by atoms with Gasteiger partial charge in [-0.05, 0) is 31.3 Å². The summed E-state index contributed by atoms with van der Waals surface area (Å²) < 4.78 is 10.6. The molecule has 0 fully saturated rings. The lowest BCUT2D eigenvalue weighted by atomic mass is 10.2. The van der Waals surface area contributed by atoms with Crippen molar-refractivity contribution < 1.29 is 14.3 Å². The largest absolute Gasteiger partial charge is 0.497 e. The molecule has 0 spiro atoms. The van der Waals surface area contributed by atoms with E-state index in [1.54, 1.807) is 32.4 Å². The number of hydrogen-bond donors (Lipinski definition) is 1. The molecular weight excluding hydrogens is 363 g/mol. The van der Waals surface area contributed by atoms with Gasteiger partial charge >= 0.3 is 0 Å². The Bertz CT molecular complexity index is 733. The first-order valence-electron chi connectivity index (χ1n) is 7.56. The molecule has 0 unspecified atom stereocenters. The van der Waals surface area contributed by atoms with Crippen molar-refractivity contribution in [2.45, 2.75) is 6.54 Å². The molecule has 2 rings (SSSR count). The summed E-state index contributed by atoms with van der Waals surface area (Å²) in [5.74, 6) is 1.28. The van der Waals surface area contributed by atoms with E-state index in [0.29, 0.717) is 28.0 Å². The van der Waals surface area contributed by atoms with E-state index >= 15 is 0 Å². The summed E-state index contributed by atoms with van der Waals surface area (Å²) in [7, 11) is 5.06. The summed E-state index contributed by atoms with van der Waals surface area (Å²) in [6.45, 7) is 0.760. The highest BCUT2D eigenvalue weighted by Crippen LogP contribution is 2.25. The van der Waals surface area contributed by atoms with Crippen molar-refractivity contribution >= 4 is 34.8 Å². The summed E-state index contributed by atoms with van der Waals surface area (Å²) in [6.07, 6.45) is 0. The van der Waals surface area contributed by atoms with Crippen LogP contribution in [0.3, 0.4) is 0 Å². The SMILES string of the molecule is COc1ccc(CN(C)CC(=O)Nc2cc(Cl)cc(Cl)c2)c(OC)c1. The first-order chi connectivity index (χ1) is 11.9. The first-order valence-corrected chi connectivity index (χ1v) is 8.32. The Morgan fingerprint density at radius 3 is 2.36 bits per heavy atom. The second-order valence-corrected chi connectivity index (χ2v) is 6.43. The van der Waals surface area contributed by atoms with Gasteiger partial charge in [0.1, 0.15) is 11.5 Å². The zero-order valence-electron chi connectivity index (χ0n) is 14.3. The van der Waals surface area contributed by atoms with E-state index < -0.39 is 0 Å². The zero-order chi connectivity index (χ0) is 18.4. The molecule has 0 aliphatic rings. The van der Waals surface area contributed by atoms with Gasteiger partial charge in [-0.3, -0.25) is 9.69 Å². The third-order valence-corrected chi connectivity index (χ3v) is 3.93. The van der Waals surface area contributed by atoms with Crippen molar-refractivity contribution in [1.29, 1.82) is 0 Å². The van der Waals surface area contributed by atoms with Crippen LogP contribution in [0.5, 0.6) is 11.5 Å². The Morgan fingerprint density at radius 1 is 1.08 bits per heavy atom. The maximum atomic E-state index is 12.2. The van der Waals surface area contributed by atoms with Crippen LogP contribution in [0.2, 0.25) is 10.0 Å². The summed E-state index contributed by atoms with van der Waals surface area (Å²) in [6, 6.07) is 10.5. The molecule has 0 aliphatic heterocycles. The van der Waals surface area contributed by atoms with Gasteiger partial charge in [-0.2, -0.15) is 0 Å². The maximum Gasteiger partial charge on any atom is 0.238 e.